The van der Waals surface area contributed by atoms with Crippen LogP contribution in [0.3, 0.4) is 0 Å². The summed E-state index contributed by atoms with van der Waals surface area (Å²) in [7, 11) is 1.90. The van der Waals surface area contributed by atoms with Crippen molar-refractivity contribution in [1.29, 1.82) is 0 Å². The molecule has 0 spiro atoms. The number of nitrogens with one attached hydrogen (secondary N) is 1. The number of phenols is 1. The lowest BCUT2D eigenvalue weighted by molar-refractivity contribution is -0.125. The van der Waals surface area contributed by atoms with Gasteiger partial charge in [0.1, 0.15) is 5.75 Å². The van der Waals surface area contributed by atoms with Crippen LogP contribution in [0.15, 0.2) is 24.3 Å². The molecule has 0 radical (unpaired) electrons. The normalized spacial score (nSPS) is 34.4. The van der Waals surface area contributed by atoms with E-state index in [0.717, 1.165) is 23.4 Å². The number of rotatable bonds is 4. The van der Waals surface area contributed by atoms with E-state index in [4.69, 9.17) is 0 Å². The summed E-state index contributed by atoms with van der Waals surface area (Å²) in [6.45, 7) is 0.338. The van der Waals surface area contributed by atoms with E-state index < -0.39 is 0 Å². The van der Waals surface area contributed by atoms with Crippen molar-refractivity contribution >= 4 is 11.6 Å². The summed E-state index contributed by atoms with van der Waals surface area (Å²) in [5.41, 5.74) is 0.941. The van der Waals surface area contributed by atoms with Gasteiger partial charge in [-0.05, 0) is 68.4 Å². The van der Waals surface area contributed by atoms with Crippen molar-refractivity contribution in [3.63, 3.8) is 0 Å². The molecule has 2 N–H and O–H groups in total. The third-order valence-electron chi connectivity index (χ3n) is 6.09. The number of carbonyl (C=O) groups is 1. The molecule has 5 rings (SSSR count). The largest absolute Gasteiger partial charge is 0.508 e. The standard InChI is InChI=1S/C19H26N2O2/c1-21(16-3-2-4-17(22)8-16)12-18(23)20-19-9-13-5-14(10-19)7-15(6-13)11-19/h2-4,8,13-15,22H,5-7,9-12H2,1H3,(H,20,23). The lowest BCUT2D eigenvalue weighted by atomic mass is 9.53. The van der Waals surface area contributed by atoms with Crippen molar-refractivity contribution in [2.75, 3.05) is 18.5 Å². The Hall–Kier alpha value is -1.71. The number of likely N-dealkylation sites (N-methyl/N-ethyl adjacent to an activating group) is 1. The van der Waals surface area contributed by atoms with Gasteiger partial charge in [0.05, 0.1) is 6.54 Å². The molecular weight excluding hydrogens is 288 g/mol. The predicted molar refractivity (Wildman–Crippen MR) is 90.4 cm³/mol. The summed E-state index contributed by atoms with van der Waals surface area (Å²) in [6, 6.07) is 7.06. The molecule has 4 saturated carbocycles. The van der Waals surface area contributed by atoms with Crippen molar-refractivity contribution < 1.29 is 9.90 Å². The number of anilines is 1. The number of hydrogen-bond donors (Lipinski definition) is 2. The molecule has 0 heterocycles. The number of phenolic OH excluding ortho intramolecular Hbond substituents is 1. The van der Waals surface area contributed by atoms with Gasteiger partial charge in [0.2, 0.25) is 5.91 Å². The average molecular weight is 314 g/mol. The molecule has 4 fully saturated rings. The van der Waals surface area contributed by atoms with Gasteiger partial charge in [0.25, 0.3) is 0 Å². The highest BCUT2D eigenvalue weighted by Crippen LogP contribution is 2.55. The van der Waals surface area contributed by atoms with Crippen LogP contribution < -0.4 is 10.2 Å². The van der Waals surface area contributed by atoms with Crippen LogP contribution in [0.1, 0.15) is 38.5 Å². The SMILES string of the molecule is CN(CC(=O)NC12CC3CC(CC(C3)C1)C2)c1cccc(O)c1. The number of amides is 1. The number of hydrogen-bond acceptors (Lipinski definition) is 3. The number of carbonyl (C=O) groups excluding carboxylic acids is 1. The van der Waals surface area contributed by atoms with Crippen LogP contribution in [0, 0.1) is 17.8 Å². The molecule has 1 aromatic rings. The first kappa shape index (κ1) is 14.9. The fourth-order valence-corrected chi connectivity index (χ4v) is 5.64. The maximum atomic E-state index is 12.6. The van der Waals surface area contributed by atoms with E-state index in [2.05, 4.69) is 5.32 Å². The van der Waals surface area contributed by atoms with Crippen molar-refractivity contribution in [2.24, 2.45) is 17.8 Å². The number of aromatic hydroxyl groups is 1. The van der Waals surface area contributed by atoms with Crippen LogP contribution in [0.25, 0.3) is 0 Å². The molecule has 0 saturated heterocycles. The third kappa shape index (κ3) is 2.91. The third-order valence-corrected chi connectivity index (χ3v) is 6.09. The second-order valence-electron chi connectivity index (χ2n) is 8.12. The van der Waals surface area contributed by atoms with E-state index in [-0.39, 0.29) is 17.2 Å². The summed E-state index contributed by atoms with van der Waals surface area (Å²) in [4.78, 5) is 14.5. The number of benzene rings is 1. The first-order chi connectivity index (χ1) is 11.0. The first-order valence-electron chi connectivity index (χ1n) is 8.82. The van der Waals surface area contributed by atoms with Gasteiger partial charge in [0, 0.05) is 24.3 Å². The van der Waals surface area contributed by atoms with E-state index in [0.29, 0.717) is 6.54 Å². The fourth-order valence-electron chi connectivity index (χ4n) is 5.64. The van der Waals surface area contributed by atoms with Crippen LogP contribution in [0.5, 0.6) is 5.75 Å². The van der Waals surface area contributed by atoms with Gasteiger partial charge in [-0.25, -0.2) is 0 Å². The molecule has 0 aromatic heterocycles. The Labute approximate surface area is 137 Å². The molecular formula is C19H26N2O2. The zero-order valence-electron chi connectivity index (χ0n) is 13.8. The van der Waals surface area contributed by atoms with Crippen LogP contribution in [0.4, 0.5) is 5.69 Å². The van der Waals surface area contributed by atoms with Crippen LogP contribution in [0.2, 0.25) is 0 Å². The second kappa shape index (κ2) is 5.43. The smallest absolute Gasteiger partial charge is 0.239 e. The summed E-state index contributed by atoms with van der Waals surface area (Å²) < 4.78 is 0. The molecule has 4 aliphatic rings. The van der Waals surface area contributed by atoms with E-state index >= 15 is 0 Å². The van der Waals surface area contributed by atoms with Crippen molar-refractivity contribution in [3.8, 4) is 5.75 Å². The van der Waals surface area contributed by atoms with E-state index in [1.807, 2.05) is 18.0 Å². The summed E-state index contributed by atoms with van der Waals surface area (Å²) >= 11 is 0. The lowest BCUT2D eigenvalue weighted by Gasteiger charge is -2.57. The Balaban J connectivity index is 1.40. The molecule has 4 heteroatoms. The summed E-state index contributed by atoms with van der Waals surface area (Å²) in [5, 5.41) is 13.0. The van der Waals surface area contributed by atoms with Gasteiger partial charge in [-0.2, -0.15) is 0 Å². The highest BCUT2D eigenvalue weighted by atomic mass is 16.3. The maximum absolute atomic E-state index is 12.6. The molecule has 1 amide bonds. The average Bonchev–Trinajstić information content (AvgIpc) is 2.44. The van der Waals surface area contributed by atoms with Gasteiger partial charge >= 0.3 is 0 Å². The Bertz CT molecular complexity index is 578. The molecule has 4 nitrogen and oxygen atoms in total. The molecule has 0 atom stereocenters. The highest BCUT2D eigenvalue weighted by Gasteiger charge is 2.51. The van der Waals surface area contributed by atoms with Gasteiger partial charge in [-0.1, -0.05) is 6.07 Å². The molecule has 124 valence electrons. The summed E-state index contributed by atoms with van der Waals surface area (Å²) in [6.07, 6.45) is 7.71. The second-order valence-corrected chi connectivity index (χ2v) is 8.12. The fraction of sp³-hybridized carbons (Fsp3) is 0.632. The topological polar surface area (TPSA) is 52.6 Å². The predicted octanol–water partition coefficient (Wildman–Crippen LogP) is 2.91. The van der Waals surface area contributed by atoms with Crippen LogP contribution in [-0.4, -0.2) is 30.1 Å². The van der Waals surface area contributed by atoms with Crippen LogP contribution >= 0.6 is 0 Å². The van der Waals surface area contributed by atoms with Crippen molar-refractivity contribution in [3.05, 3.63) is 24.3 Å². The van der Waals surface area contributed by atoms with Gasteiger partial charge in [-0.3, -0.25) is 4.79 Å². The summed E-state index contributed by atoms with van der Waals surface area (Å²) in [5.74, 6) is 2.86. The molecule has 0 aliphatic heterocycles. The van der Waals surface area contributed by atoms with Crippen LogP contribution in [-0.2, 0) is 4.79 Å². The maximum Gasteiger partial charge on any atom is 0.239 e. The molecule has 23 heavy (non-hydrogen) atoms. The zero-order chi connectivity index (χ0) is 16.0. The molecule has 4 aliphatic carbocycles. The van der Waals surface area contributed by atoms with Crippen molar-refractivity contribution in [1.82, 2.24) is 5.32 Å². The van der Waals surface area contributed by atoms with Crippen molar-refractivity contribution in [2.45, 2.75) is 44.1 Å². The van der Waals surface area contributed by atoms with Gasteiger partial charge in [-0.15, -0.1) is 0 Å². The van der Waals surface area contributed by atoms with E-state index in [1.165, 1.54) is 38.5 Å². The Kier molecular flexibility index (Phi) is 3.51. The zero-order valence-corrected chi connectivity index (χ0v) is 13.8. The van der Waals surface area contributed by atoms with Gasteiger partial charge in [0.15, 0.2) is 0 Å². The highest BCUT2D eigenvalue weighted by molar-refractivity contribution is 5.82. The van der Waals surface area contributed by atoms with E-state index in [1.54, 1.807) is 18.2 Å². The minimum atomic E-state index is 0.0749. The minimum absolute atomic E-state index is 0.0749. The Morgan fingerprint density at radius 2 is 1.83 bits per heavy atom. The monoisotopic (exact) mass is 314 g/mol. The minimum Gasteiger partial charge on any atom is -0.508 e. The quantitative estimate of drug-likeness (QED) is 0.898. The Morgan fingerprint density at radius 3 is 2.39 bits per heavy atom. The molecule has 1 aromatic carbocycles. The lowest BCUT2D eigenvalue weighted by Crippen LogP contribution is -2.60. The first-order valence-corrected chi connectivity index (χ1v) is 8.82. The molecule has 0 unspecified atom stereocenters. The molecule has 4 bridgehead atoms. The Morgan fingerprint density at radius 1 is 1.22 bits per heavy atom. The van der Waals surface area contributed by atoms with Gasteiger partial charge < -0.3 is 15.3 Å². The number of nitrogens with zero attached hydrogens (tertiary/aromatic N) is 1. The van der Waals surface area contributed by atoms with E-state index in [9.17, 15) is 9.90 Å².